The number of carbonyl (C=O) groups excluding carboxylic acids is 1. The summed E-state index contributed by atoms with van der Waals surface area (Å²) in [4.78, 5) is 19.7. The summed E-state index contributed by atoms with van der Waals surface area (Å²) >= 11 is 0. The average Bonchev–Trinajstić information content (AvgIpc) is 3.11. The molecule has 0 radical (unpaired) electrons. The van der Waals surface area contributed by atoms with Crippen molar-refractivity contribution in [3.63, 3.8) is 0 Å². The highest BCUT2D eigenvalue weighted by molar-refractivity contribution is 5.92. The number of amides is 1. The highest BCUT2D eigenvalue weighted by Gasteiger charge is 2.28. The fourth-order valence-corrected chi connectivity index (χ4v) is 3.19. The second-order valence-corrected chi connectivity index (χ2v) is 5.35. The van der Waals surface area contributed by atoms with Crippen molar-refractivity contribution in [2.75, 3.05) is 26.2 Å². The number of aromatic amines is 1. The van der Waals surface area contributed by atoms with Crippen molar-refractivity contribution >= 4 is 5.91 Å². The molecule has 18 heavy (non-hydrogen) atoms. The van der Waals surface area contributed by atoms with Crippen molar-refractivity contribution in [3.05, 3.63) is 24.0 Å². The fourth-order valence-electron chi connectivity index (χ4n) is 3.19. The van der Waals surface area contributed by atoms with Crippen LogP contribution in [0.3, 0.4) is 0 Å². The van der Waals surface area contributed by atoms with Gasteiger partial charge in [-0.15, -0.1) is 0 Å². The minimum atomic E-state index is 0.145. The topological polar surface area (TPSA) is 39.3 Å². The second-order valence-electron chi connectivity index (χ2n) is 5.35. The lowest BCUT2D eigenvalue weighted by atomic mass is 10.1. The molecule has 1 saturated heterocycles. The molecule has 2 heterocycles. The molecule has 0 bridgehead atoms. The van der Waals surface area contributed by atoms with E-state index in [1.54, 1.807) is 0 Å². The van der Waals surface area contributed by atoms with Crippen molar-refractivity contribution in [3.8, 4) is 0 Å². The van der Waals surface area contributed by atoms with Crippen LogP contribution in [0.15, 0.2) is 18.3 Å². The van der Waals surface area contributed by atoms with E-state index in [2.05, 4.69) is 9.88 Å². The van der Waals surface area contributed by atoms with E-state index in [9.17, 15) is 4.79 Å². The van der Waals surface area contributed by atoms with Gasteiger partial charge in [0.25, 0.3) is 5.91 Å². The molecule has 4 heteroatoms. The number of H-pyrrole nitrogens is 1. The smallest absolute Gasteiger partial charge is 0.270 e. The van der Waals surface area contributed by atoms with Crippen LogP contribution in [0.25, 0.3) is 0 Å². The van der Waals surface area contributed by atoms with Gasteiger partial charge in [-0.3, -0.25) is 9.69 Å². The van der Waals surface area contributed by atoms with Gasteiger partial charge in [0.05, 0.1) is 0 Å². The quantitative estimate of drug-likeness (QED) is 0.864. The molecule has 1 saturated carbocycles. The van der Waals surface area contributed by atoms with Gasteiger partial charge < -0.3 is 9.88 Å². The van der Waals surface area contributed by atoms with Gasteiger partial charge in [-0.2, -0.15) is 0 Å². The summed E-state index contributed by atoms with van der Waals surface area (Å²) in [6.45, 7) is 3.82. The molecular formula is C14H21N3O. The Morgan fingerprint density at radius 1 is 1.17 bits per heavy atom. The predicted octanol–water partition coefficient (Wildman–Crippen LogP) is 1.72. The summed E-state index contributed by atoms with van der Waals surface area (Å²) < 4.78 is 0. The summed E-state index contributed by atoms with van der Waals surface area (Å²) in [6, 6.07) is 4.51. The maximum atomic E-state index is 12.2. The van der Waals surface area contributed by atoms with Gasteiger partial charge in [-0.1, -0.05) is 12.8 Å². The van der Waals surface area contributed by atoms with Crippen LogP contribution in [-0.4, -0.2) is 52.9 Å². The molecule has 0 atom stereocenters. The van der Waals surface area contributed by atoms with Gasteiger partial charge in [0.15, 0.2) is 0 Å². The monoisotopic (exact) mass is 247 g/mol. The Balaban J connectivity index is 1.55. The molecule has 4 nitrogen and oxygen atoms in total. The van der Waals surface area contributed by atoms with E-state index < -0.39 is 0 Å². The zero-order chi connectivity index (χ0) is 12.4. The van der Waals surface area contributed by atoms with Gasteiger partial charge in [0.2, 0.25) is 0 Å². The predicted molar refractivity (Wildman–Crippen MR) is 70.5 cm³/mol. The summed E-state index contributed by atoms with van der Waals surface area (Å²) in [5.74, 6) is 0.145. The summed E-state index contributed by atoms with van der Waals surface area (Å²) in [5.41, 5.74) is 0.712. The average molecular weight is 247 g/mol. The highest BCUT2D eigenvalue weighted by atomic mass is 16.2. The van der Waals surface area contributed by atoms with Crippen molar-refractivity contribution < 1.29 is 4.79 Å². The maximum absolute atomic E-state index is 12.2. The van der Waals surface area contributed by atoms with Crippen molar-refractivity contribution in [1.82, 2.24) is 14.8 Å². The standard InChI is InChI=1S/C14H21N3O/c18-14(13-6-3-7-15-13)17-10-8-16(9-11-17)12-4-1-2-5-12/h3,6-7,12,15H,1-2,4-5,8-11H2. The van der Waals surface area contributed by atoms with Crippen molar-refractivity contribution in [1.29, 1.82) is 0 Å². The van der Waals surface area contributed by atoms with Gasteiger partial charge in [0, 0.05) is 38.4 Å². The molecular weight excluding hydrogens is 226 g/mol. The molecule has 3 rings (SSSR count). The van der Waals surface area contributed by atoms with E-state index in [1.165, 1.54) is 25.7 Å². The van der Waals surface area contributed by atoms with Gasteiger partial charge >= 0.3 is 0 Å². The van der Waals surface area contributed by atoms with Gasteiger partial charge in [-0.05, 0) is 25.0 Å². The Morgan fingerprint density at radius 3 is 2.50 bits per heavy atom. The third-order valence-electron chi connectivity index (χ3n) is 4.27. The number of aromatic nitrogens is 1. The van der Waals surface area contributed by atoms with Crippen LogP contribution in [0.5, 0.6) is 0 Å². The van der Waals surface area contributed by atoms with Gasteiger partial charge in [-0.25, -0.2) is 0 Å². The van der Waals surface area contributed by atoms with Crippen LogP contribution >= 0.6 is 0 Å². The molecule has 0 unspecified atom stereocenters. The Bertz CT molecular complexity index is 387. The lowest BCUT2D eigenvalue weighted by Crippen LogP contribution is -2.51. The SMILES string of the molecule is O=C(c1ccc[nH]1)N1CCN(C2CCCC2)CC1. The summed E-state index contributed by atoms with van der Waals surface area (Å²) in [6.07, 6.45) is 7.27. The third kappa shape index (κ3) is 2.29. The highest BCUT2D eigenvalue weighted by Crippen LogP contribution is 2.24. The number of rotatable bonds is 2. The van der Waals surface area contributed by atoms with Crippen LogP contribution in [-0.2, 0) is 0 Å². The van der Waals surface area contributed by atoms with E-state index in [0.29, 0.717) is 5.69 Å². The molecule has 98 valence electrons. The fraction of sp³-hybridized carbons (Fsp3) is 0.643. The van der Waals surface area contributed by atoms with Crippen molar-refractivity contribution in [2.45, 2.75) is 31.7 Å². The number of hydrogen-bond acceptors (Lipinski definition) is 2. The first-order valence-electron chi connectivity index (χ1n) is 7.01. The van der Waals surface area contributed by atoms with Crippen LogP contribution in [0.1, 0.15) is 36.2 Å². The number of nitrogens with zero attached hydrogens (tertiary/aromatic N) is 2. The van der Waals surface area contributed by atoms with Crippen LogP contribution < -0.4 is 0 Å². The number of hydrogen-bond donors (Lipinski definition) is 1. The van der Waals surface area contributed by atoms with Crippen LogP contribution in [0.2, 0.25) is 0 Å². The molecule has 1 aromatic rings. The molecule has 2 fully saturated rings. The van der Waals surface area contributed by atoms with Gasteiger partial charge in [0.1, 0.15) is 5.69 Å². The zero-order valence-corrected chi connectivity index (χ0v) is 10.8. The van der Waals surface area contributed by atoms with E-state index in [0.717, 1.165) is 32.2 Å². The lowest BCUT2D eigenvalue weighted by Gasteiger charge is -2.37. The first-order valence-corrected chi connectivity index (χ1v) is 7.01. The lowest BCUT2D eigenvalue weighted by molar-refractivity contribution is 0.0568. The maximum Gasteiger partial charge on any atom is 0.270 e. The summed E-state index contributed by atoms with van der Waals surface area (Å²) in [5, 5.41) is 0. The second kappa shape index (κ2) is 5.14. The largest absolute Gasteiger partial charge is 0.357 e. The Morgan fingerprint density at radius 2 is 1.89 bits per heavy atom. The molecule has 1 N–H and O–H groups in total. The minimum absolute atomic E-state index is 0.145. The normalized spacial score (nSPS) is 22.6. The Kier molecular flexibility index (Phi) is 3.37. The van der Waals surface area contributed by atoms with Crippen LogP contribution in [0.4, 0.5) is 0 Å². The molecule has 0 aromatic carbocycles. The molecule has 0 spiro atoms. The molecule has 2 aliphatic rings. The first-order chi connectivity index (χ1) is 8.84. The van der Waals surface area contributed by atoms with Crippen LogP contribution in [0, 0.1) is 0 Å². The molecule has 1 aromatic heterocycles. The minimum Gasteiger partial charge on any atom is -0.357 e. The van der Waals surface area contributed by atoms with E-state index in [1.807, 2.05) is 23.2 Å². The van der Waals surface area contributed by atoms with E-state index >= 15 is 0 Å². The molecule has 1 amide bonds. The Labute approximate surface area is 108 Å². The number of carbonyl (C=O) groups is 1. The molecule has 1 aliphatic carbocycles. The summed E-state index contributed by atoms with van der Waals surface area (Å²) in [7, 11) is 0. The number of piperazine rings is 1. The molecule has 1 aliphatic heterocycles. The van der Waals surface area contributed by atoms with E-state index in [4.69, 9.17) is 0 Å². The number of nitrogens with one attached hydrogen (secondary N) is 1. The third-order valence-corrected chi connectivity index (χ3v) is 4.27. The van der Waals surface area contributed by atoms with Crippen molar-refractivity contribution in [2.24, 2.45) is 0 Å². The zero-order valence-electron chi connectivity index (χ0n) is 10.8. The first kappa shape index (κ1) is 11.8. The van der Waals surface area contributed by atoms with E-state index in [-0.39, 0.29) is 5.91 Å². The Hall–Kier alpha value is -1.29.